The fourth-order valence-electron chi connectivity index (χ4n) is 2.00. The molecule has 3 aromatic heterocycles. The van der Waals surface area contributed by atoms with Crippen LogP contribution in [0.1, 0.15) is 17.9 Å². The largest absolute Gasteiger partial charge is 0.460 e. The Labute approximate surface area is 132 Å². The fourth-order valence-corrected chi connectivity index (χ4v) is 2.69. The van der Waals surface area contributed by atoms with Gasteiger partial charge in [-0.3, -0.25) is 4.79 Å². The lowest BCUT2D eigenvalue weighted by Crippen LogP contribution is -2.23. The number of hydrogen-bond donors (Lipinski definition) is 1. The van der Waals surface area contributed by atoms with Gasteiger partial charge < -0.3 is 9.73 Å². The van der Waals surface area contributed by atoms with Crippen molar-refractivity contribution in [3.05, 3.63) is 59.7 Å². The van der Waals surface area contributed by atoms with Gasteiger partial charge in [0.1, 0.15) is 17.8 Å². The summed E-state index contributed by atoms with van der Waals surface area (Å²) in [6.45, 7) is 0.417. The monoisotopic (exact) mass is 313 g/mol. The second-order valence-corrected chi connectivity index (χ2v) is 5.67. The molecule has 0 aliphatic carbocycles. The van der Waals surface area contributed by atoms with E-state index in [9.17, 15) is 4.79 Å². The fraction of sp³-hybridized carbons (Fsp3) is 0.188. The summed E-state index contributed by atoms with van der Waals surface area (Å²) < 4.78 is 5.75. The van der Waals surface area contributed by atoms with Gasteiger partial charge in [-0.05, 0) is 29.6 Å². The number of thiophene rings is 1. The Hall–Kier alpha value is -2.47. The van der Waals surface area contributed by atoms with Crippen LogP contribution in [0.2, 0.25) is 0 Å². The quantitative estimate of drug-likeness (QED) is 0.759. The van der Waals surface area contributed by atoms with Gasteiger partial charge in [-0.25, -0.2) is 9.97 Å². The standard InChI is InChI=1S/C16H15N3O2S/c20-16(18-10-12-7-8-17-11-19-12)6-4-13-3-5-14(21-13)15-2-1-9-22-15/h1-3,5,7-9,11H,4,6,10H2,(H,18,20). The van der Waals surface area contributed by atoms with Crippen LogP contribution in [0.3, 0.4) is 0 Å². The highest BCUT2D eigenvalue weighted by Crippen LogP contribution is 2.26. The molecule has 6 heteroatoms. The van der Waals surface area contributed by atoms with E-state index in [1.807, 2.05) is 29.6 Å². The van der Waals surface area contributed by atoms with E-state index in [1.54, 1.807) is 23.6 Å². The maximum atomic E-state index is 11.8. The van der Waals surface area contributed by atoms with Crippen molar-refractivity contribution in [1.29, 1.82) is 0 Å². The van der Waals surface area contributed by atoms with Crippen molar-refractivity contribution >= 4 is 17.2 Å². The molecule has 3 aromatic rings. The molecule has 5 nitrogen and oxygen atoms in total. The third-order valence-corrected chi connectivity index (χ3v) is 4.02. The molecule has 0 bridgehead atoms. The SMILES string of the molecule is O=C(CCc1ccc(-c2cccs2)o1)NCc1ccncn1. The minimum absolute atomic E-state index is 0.0207. The molecule has 0 saturated carbocycles. The molecule has 1 amide bonds. The van der Waals surface area contributed by atoms with Crippen LogP contribution in [-0.2, 0) is 17.8 Å². The smallest absolute Gasteiger partial charge is 0.220 e. The first-order valence-electron chi connectivity index (χ1n) is 6.95. The summed E-state index contributed by atoms with van der Waals surface area (Å²) in [6.07, 6.45) is 4.10. The topological polar surface area (TPSA) is 68.0 Å². The van der Waals surface area contributed by atoms with Crippen LogP contribution in [-0.4, -0.2) is 15.9 Å². The second-order valence-electron chi connectivity index (χ2n) is 4.72. The minimum atomic E-state index is -0.0207. The Morgan fingerprint density at radius 1 is 1.27 bits per heavy atom. The third kappa shape index (κ3) is 3.79. The van der Waals surface area contributed by atoms with E-state index in [0.29, 0.717) is 19.4 Å². The Morgan fingerprint density at radius 2 is 2.23 bits per heavy atom. The normalized spacial score (nSPS) is 10.5. The number of carbonyl (C=O) groups is 1. The zero-order chi connectivity index (χ0) is 15.2. The van der Waals surface area contributed by atoms with Crippen molar-refractivity contribution in [3.63, 3.8) is 0 Å². The Bertz CT molecular complexity index is 723. The molecule has 0 spiro atoms. The van der Waals surface area contributed by atoms with Crippen LogP contribution in [0.15, 0.2) is 52.7 Å². The highest BCUT2D eigenvalue weighted by molar-refractivity contribution is 7.13. The lowest BCUT2D eigenvalue weighted by atomic mass is 10.2. The lowest BCUT2D eigenvalue weighted by Gasteiger charge is -2.03. The maximum Gasteiger partial charge on any atom is 0.220 e. The van der Waals surface area contributed by atoms with Gasteiger partial charge in [-0.1, -0.05) is 6.07 Å². The third-order valence-electron chi connectivity index (χ3n) is 3.13. The van der Waals surface area contributed by atoms with Crippen molar-refractivity contribution < 1.29 is 9.21 Å². The number of rotatable bonds is 6. The average Bonchev–Trinajstić information content (AvgIpc) is 3.22. The molecule has 1 N–H and O–H groups in total. The zero-order valence-corrected chi connectivity index (χ0v) is 12.7. The molecule has 22 heavy (non-hydrogen) atoms. The number of amides is 1. The highest BCUT2D eigenvalue weighted by Gasteiger charge is 2.08. The number of aromatic nitrogens is 2. The van der Waals surface area contributed by atoms with Gasteiger partial charge in [0.2, 0.25) is 5.91 Å². The summed E-state index contributed by atoms with van der Waals surface area (Å²) in [4.78, 5) is 20.8. The van der Waals surface area contributed by atoms with E-state index >= 15 is 0 Å². The van der Waals surface area contributed by atoms with Crippen LogP contribution >= 0.6 is 11.3 Å². The Balaban J connectivity index is 1.47. The molecule has 0 radical (unpaired) electrons. The molecule has 0 atom stereocenters. The summed E-state index contributed by atoms with van der Waals surface area (Å²) in [5.41, 5.74) is 0.793. The van der Waals surface area contributed by atoms with E-state index in [-0.39, 0.29) is 5.91 Å². The number of furan rings is 1. The van der Waals surface area contributed by atoms with Gasteiger partial charge >= 0.3 is 0 Å². The predicted octanol–water partition coefficient (Wildman–Crippen LogP) is 3.05. The summed E-state index contributed by atoms with van der Waals surface area (Å²) in [7, 11) is 0. The van der Waals surface area contributed by atoms with E-state index in [0.717, 1.165) is 22.1 Å². The zero-order valence-electron chi connectivity index (χ0n) is 11.9. The van der Waals surface area contributed by atoms with Gasteiger partial charge in [-0.15, -0.1) is 11.3 Å². The minimum Gasteiger partial charge on any atom is -0.460 e. The van der Waals surface area contributed by atoms with E-state index in [2.05, 4.69) is 15.3 Å². The van der Waals surface area contributed by atoms with Crippen molar-refractivity contribution in [2.75, 3.05) is 0 Å². The first-order chi connectivity index (χ1) is 10.8. The number of carbonyl (C=O) groups excluding carboxylic acids is 1. The van der Waals surface area contributed by atoms with Gasteiger partial charge in [0.25, 0.3) is 0 Å². The van der Waals surface area contributed by atoms with Crippen molar-refractivity contribution in [2.24, 2.45) is 0 Å². The average molecular weight is 313 g/mol. The molecule has 0 unspecified atom stereocenters. The molecule has 0 fully saturated rings. The van der Waals surface area contributed by atoms with Gasteiger partial charge in [0.05, 0.1) is 17.1 Å². The van der Waals surface area contributed by atoms with Gasteiger partial charge in [0.15, 0.2) is 0 Å². The van der Waals surface area contributed by atoms with Crippen LogP contribution in [0.4, 0.5) is 0 Å². The molecule has 0 aliphatic rings. The molecular weight excluding hydrogens is 298 g/mol. The van der Waals surface area contributed by atoms with E-state index in [1.165, 1.54) is 6.33 Å². The number of aryl methyl sites for hydroxylation is 1. The van der Waals surface area contributed by atoms with Crippen LogP contribution in [0.5, 0.6) is 0 Å². The van der Waals surface area contributed by atoms with Crippen LogP contribution in [0.25, 0.3) is 10.6 Å². The summed E-state index contributed by atoms with van der Waals surface area (Å²) >= 11 is 1.63. The van der Waals surface area contributed by atoms with Gasteiger partial charge in [0, 0.05) is 19.0 Å². The molecule has 3 heterocycles. The summed E-state index contributed by atoms with van der Waals surface area (Å²) in [5.74, 6) is 1.65. The maximum absolute atomic E-state index is 11.8. The highest BCUT2D eigenvalue weighted by atomic mass is 32.1. The lowest BCUT2D eigenvalue weighted by molar-refractivity contribution is -0.121. The molecule has 3 rings (SSSR count). The van der Waals surface area contributed by atoms with E-state index in [4.69, 9.17) is 4.42 Å². The molecule has 112 valence electrons. The second kappa shape index (κ2) is 7.00. The van der Waals surface area contributed by atoms with Crippen LogP contribution < -0.4 is 5.32 Å². The number of hydrogen-bond acceptors (Lipinski definition) is 5. The Morgan fingerprint density at radius 3 is 3.00 bits per heavy atom. The number of nitrogens with one attached hydrogen (secondary N) is 1. The predicted molar refractivity (Wildman–Crippen MR) is 84.2 cm³/mol. The molecule has 0 saturated heterocycles. The van der Waals surface area contributed by atoms with E-state index < -0.39 is 0 Å². The summed E-state index contributed by atoms with van der Waals surface area (Å²) in [6, 6.07) is 9.65. The van der Waals surface area contributed by atoms with Gasteiger partial charge in [-0.2, -0.15) is 0 Å². The van der Waals surface area contributed by atoms with Crippen LogP contribution in [0, 0.1) is 0 Å². The molecule has 0 aliphatic heterocycles. The number of nitrogens with zero attached hydrogens (tertiary/aromatic N) is 2. The van der Waals surface area contributed by atoms with Crippen molar-refractivity contribution in [2.45, 2.75) is 19.4 Å². The first-order valence-corrected chi connectivity index (χ1v) is 7.83. The molecular formula is C16H15N3O2S. The van der Waals surface area contributed by atoms with Crippen molar-refractivity contribution in [3.8, 4) is 10.6 Å². The Kier molecular flexibility index (Phi) is 4.60. The summed E-state index contributed by atoms with van der Waals surface area (Å²) in [5, 5.41) is 4.85. The van der Waals surface area contributed by atoms with Crippen molar-refractivity contribution in [1.82, 2.24) is 15.3 Å². The first kappa shape index (κ1) is 14.5. The molecule has 0 aromatic carbocycles.